The number of methoxy groups -OCH3 is 2. The van der Waals surface area contributed by atoms with Crippen LogP contribution in [0.5, 0.6) is 11.5 Å². The molecule has 8 nitrogen and oxygen atoms in total. The Bertz CT molecular complexity index is 1000. The third-order valence-electron chi connectivity index (χ3n) is 3.53. The molecule has 0 atom stereocenters. The van der Waals surface area contributed by atoms with E-state index in [0.29, 0.717) is 5.75 Å². The van der Waals surface area contributed by atoms with Crippen LogP contribution in [0.3, 0.4) is 0 Å². The predicted octanol–water partition coefficient (Wildman–Crippen LogP) is 1.75. The van der Waals surface area contributed by atoms with Gasteiger partial charge in [0.25, 0.3) is 10.0 Å². The molecule has 0 spiro atoms. The van der Waals surface area contributed by atoms with Gasteiger partial charge >= 0.3 is 0 Å². The van der Waals surface area contributed by atoms with Crippen LogP contribution in [0.15, 0.2) is 52.3 Å². The van der Waals surface area contributed by atoms with Gasteiger partial charge in [-0.3, -0.25) is 4.72 Å². The third kappa shape index (κ3) is 4.09. The number of nitrogens with zero attached hydrogens (tertiary/aromatic N) is 1. The normalized spacial score (nSPS) is 12.0. The summed E-state index contributed by atoms with van der Waals surface area (Å²) in [7, 11) is -1.98. The Morgan fingerprint density at radius 2 is 1.50 bits per heavy atom. The minimum atomic E-state index is -3.95. The Hall–Kier alpha value is -2.30. The van der Waals surface area contributed by atoms with Crippen molar-refractivity contribution in [2.75, 3.05) is 33.0 Å². The standard InChI is InChI=1S/C16H20N2O6S2/c1-18(2)26(21,22)14-7-5-6-12(10-14)17-25(19,20)13-8-9-15(23-3)16(11-13)24-4/h5-11,17H,1-4H3. The summed E-state index contributed by atoms with van der Waals surface area (Å²) in [5.41, 5.74) is 0.128. The Morgan fingerprint density at radius 1 is 0.846 bits per heavy atom. The Kier molecular flexibility index (Phi) is 5.79. The molecule has 0 unspecified atom stereocenters. The molecule has 2 aromatic carbocycles. The molecule has 0 bridgehead atoms. The largest absolute Gasteiger partial charge is 0.493 e. The first-order chi connectivity index (χ1) is 12.1. The van der Waals surface area contributed by atoms with Crippen molar-refractivity contribution in [1.29, 1.82) is 0 Å². The van der Waals surface area contributed by atoms with Crippen molar-refractivity contribution in [1.82, 2.24) is 4.31 Å². The lowest BCUT2D eigenvalue weighted by molar-refractivity contribution is 0.354. The second-order valence-electron chi connectivity index (χ2n) is 5.44. The van der Waals surface area contributed by atoms with Crippen molar-refractivity contribution in [2.24, 2.45) is 0 Å². The summed E-state index contributed by atoms with van der Waals surface area (Å²) in [4.78, 5) is -0.0639. The Labute approximate surface area is 153 Å². The van der Waals surface area contributed by atoms with Crippen molar-refractivity contribution in [3.05, 3.63) is 42.5 Å². The highest BCUT2D eigenvalue weighted by molar-refractivity contribution is 7.92. The molecule has 0 heterocycles. The van der Waals surface area contributed by atoms with E-state index in [1.807, 2.05) is 0 Å². The smallest absolute Gasteiger partial charge is 0.262 e. The number of benzene rings is 2. The van der Waals surface area contributed by atoms with Gasteiger partial charge in [-0.15, -0.1) is 0 Å². The van der Waals surface area contributed by atoms with Gasteiger partial charge in [-0.25, -0.2) is 21.1 Å². The zero-order valence-electron chi connectivity index (χ0n) is 14.8. The van der Waals surface area contributed by atoms with Crippen molar-refractivity contribution >= 4 is 25.7 Å². The van der Waals surface area contributed by atoms with E-state index in [2.05, 4.69) is 4.72 Å². The Balaban J connectivity index is 2.39. The van der Waals surface area contributed by atoms with E-state index >= 15 is 0 Å². The summed E-state index contributed by atoms with van der Waals surface area (Å²) in [5.74, 6) is 0.657. The fourth-order valence-corrected chi connectivity index (χ4v) is 4.14. The molecule has 26 heavy (non-hydrogen) atoms. The fraction of sp³-hybridized carbons (Fsp3) is 0.250. The predicted molar refractivity (Wildman–Crippen MR) is 97.7 cm³/mol. The van der Waals surface area contributed by atoms with Gasteiger partial charge in [-0.1, -0.05) is 6.07 Å². The summed E-state index contributed by atoms with van der Waals surface area (Å²) < 4.78 is 63.2. The molecule has 10 heteroatoms. The van der Waals surface area contributed by atoms with Crippen LogP contribution in [0.1, 0.15) is 0 Å². The quantitative estimate of drug-likeness (QED) is 0.760. The van der Waals surface area contributed by atoms with E-state index in [-0.39, 0.29) is 21.2 Å². The topological polar surface area (TPSA) is 102 Å². The highest BCUT2D eigenvalue weighted by atomic mass is 32.2. The molecule has 1 N–H and O–H groups in total. The lowest BCUT2D eigenvalue weighted by Crippen LogP contribution is -2.22. The molecule has 0 radical (unpaired) electrons. The van der Waals surface area contributed by atoms with Crippen LogP contribution in [0, 0.1) is 0 Å². The number of rotatable bonds is 7. The molecule has 0 saturated heterocycles. The molecule has 0 saturated carbocycles. The molecule has 0 aliphatic carbocycles. The van der Waals surface area contributed by atoms with Crippen LogP contribution in [0.4, 0.5) is 5.69 Å². The van der Waals surface area contributed by atoms with Crippen LogP contribution in [-0.4, -0.2) is 49.5 Å². The Morgan fingerprint density at radius 3 is 2.08 bits per heavy atom. The maximum Gasteiger partial charge on any atom is 0.262 e. The van der Waals surface area contributed by atoms with E-state index in [0.717, 1.165) is 4.31 Å². The summed E-state index contributed by atoms with van der Waals surface area (Å²) in [6.07, 6.45) is 0. The van der Waals surface area contributed by atoms with Gasteiger partial charge in [-0.05, 0) is 30.3 Å². The second kappa shape index (κ2) is 7.52. The number of anilines is 1. The van der Waals surface area contributed by atoms with E-state index in [1.165, 1.54) is 70.8 Å². The van der Waals surface area contributed by atoms with Crippen LogP contribution < -0.4 is 14.2 Å². The molecular weight excluding hydrogens is 380 g/mol. The first-order valence-electron chi connectivity index (χ1n) is 7.39. The number of nitrogens with one attached hydrogen (secondary N) is 1. The lowest BCUT2D eigenvalue weighted by atomic mass is 10.3. The average molecular weight is 400 g/mol. The minimum absolute atomic E-state index is 0.0185. The number of hydrogen-bond donors (Lipinski definition) is 1. The SMILES string of the molecule is COc1ccc(S(=O)(=O)Nc2cccc(S(=O)(=O)N(C)C)c2)cc1OC. The van der Waals surface area contributed by atoms with E-state index in [4.69, 9.17) is 9.47 Å². The molecule has 0 aliphatic rings. The van der Waals surface area contributed by atoms with E-state index in [1.54, 1.807) is 0 Å². The summed E-state index contributed by atoms with van der Waals surface area (Å²) in [6.45, 7) is 0. The van der Waals surface area contributed by atoms with Gasteiger partial charge in [0.1, 0.15) is 0 Å². The van der Waals surface area contributed by atoms with Gasteiger partial charge in [0.15, 0.2) is 11.5 Å². The zero-order valence-corrected chi connectivity index (χ0v) is 16.4. The van der Waals surface area contributed by atoms with Crippen LogP contribution >= 0.6 is 0 Å². The van der Waals surface area contributed by atoms with Crippen molar-refractivity contribution in [2.45, 2.75) is 9.79 Å². The number of hydrogen-bond acceptors (Lipinski definition) is 6. The molecule has 2 rings (SSSR count). The number of ether oxygens (including phenoxy) is 2. The maximum atomic E-state index is 12.6. The number of sulfonamides is 2. The molecule has 142 valence electrons. The minimum Gasteiger partial charge on any atom is -0.493 e. The van der Waals surface area contributed by atoms with Crippen LogP contribution in [-0.2, 0) is 20.0 Å². The highest BCUT2D eigenvalue weighted by Crippen LogP contribution is 2.30. The molecule has 0 aromatic heterocycles. The van der Waals surface area contributed by atoms with Gasteiger partial charge in [-0.2, -0.15) is 0 Å². The second-order valence-corrected chi connectivity index (χ2v) is 9.27. The van der Waals surface area contributed by atoms with E-state index in [9.17, 15) is 16.8 Å². The van der Waals surface area contributed by atoms with Crippen molar-refractivity contribution < 1.29 is 26.3 Å². The molecule has 0 aliphatic heterocycles. The third-order valence-corrected chi connectivity index (χ3v) is 6.72. The van der Waals surface area contributed by atoms with Crippen molar-refractivity contribution in [3.63, 3.8) is 0 Å². The summed E-state index contributed by atoms with van der Waals surface area (Å²) in [5, 5.41) is 0. The summed E-state index contributed by atoms with van der Waals surface area (Å²) >= 11 is 0. The van der Waals surface area contributed by atoms with E-state index < -0.39 is 20.0 Å². The average Bonchev–Trinajstić information content (AvgIpc) is 2.60. The van der Waals surface area contributed by atoms with Crippen molar-refractivity contribution in [3.8, 4) is 11.5 Å². The monoisotopic (exact) mass is 400 g/mol. The highest BCUT2D eigenvalue weighted by Gasteiger charge is 2.20. The van der Waals surface area contributed by atoms with Gasteiger partial charge in [0.05, 0.1) is 29.7 Å². The first kappa shape index (κ1) is 20.0. The zero-order chi connectivity index (χ0) is 19.5. The lowest BCUT2D eigenvalue weighted by Gasteiger charge is -2.14. The van der Waals surface area contributed by atoms with Gasteiger partial charge < -0.3 is 9.47 Å². The first-order valence-corrected chi connectivity index (χ1v) is 10.3. The maximum absolute atomic E-state index is 12.6. The molecule has 0 fully saturated rings. The van der Waals surface area contributed by atoms with Crippen LogP contribution in [0.2, 0.25) is 0 Å². The van der Waals surface area contributed by atoms with Gasteiger partial charge in [0, 0.05) is 20.2 Å². The fourth-order valence-electron chi connectivity index (χ4n) is 2.13. The molecule has 2 aromatic rings. The van der Waals surface area contributed by atoms with Gasteiger partial charge in [0.2, 0.25) is 10.0 Å². The summed E-state index contributed by atoms with van der Waals surface area (Å²) in [6, 6.07) is 9.74. The molecular formula is C16H20N2O6S2. The van der Waals surface area contributed by atoms with Crippen LogP contribution in [0.25, 0.3) is 0 Å². The molecule has 0 amide bonds.